The van der Waals surface area contributed by atoms with Crippen LogP contribution < -0.4 is 4.90 Å². The number of hydrogen-bond donors (Lipinski definition) is 1. The molecule has 2 aromatic carbocycles. The van der Waals surface area contributed by atoms with Gasteiger partial charge in [0.05, 0.1) is 30.1 Å². The number of aromatic hydroxyl groups is 1. The van der Waals surface area contributed by atoms with Crippen molar-refractivity contribution in [2.75, 3.05) is 25.1 Å². The zero-order chi connectivity index (χ0) is 20.3. The molecule has 0 bridgehead atoms. The first-order valence-electron chi connectivity index (χ1n) is 9.64. The van der Waals surface area contributed by atoms with Gasteiger partial charge in [0.25, 0.3) is 0 Å². The summed E-state index contributed by atoms with van der Waals surface area (Å²) in [6.07, 6.45) is 3.02. The van der Waals surface area contributed by atoms with Crippen molar-refractivity contribution in [1.29, 1.82) is 0 Å². The number of methoxy groups -OCH3 is 1. The first kappa shape index (κ1) is 18.9. The van der Waals surface area contributed by atoms with Gasteiger partial charge in [-0.15, -0.1) is 0 Å². The molecule has 0 atom stereocenters. The minimum atomic E-state index is -0.631. The number of esters is 1. The molecule has 0 saturated carbocycles. The number of nitrogens with zero attached hydrogens (tertiary/aromatic N) is 3. The highest BCUT2D eigenvalue weighted by atomic mass is 16.5. The van der Waals surface area contributed by atoms with Crippen LogP contribution in [0.5, 0.6) is 5.75 Å². The lowest BCUT2D eigenvalue weighted by Gasteiger charge is -2.40. The van der Waals surface area contributed by atoms with E-state index in [0.717, 1.165) is 11.3 Å². The summed E-state index contributed by atoms with van der Waals surface area (Å²) in [6, 6.07) is 18.9. The van der Waals surface area contributed by atoms with Crippen LogP contribution in [0.3, 0.4) is 0 Å². The molecular weight excluding hydrogens is 366 g/mol. The summed E-state index contributed by atoms with van der Waals surface area (Å²) in [5.74, 6) is -0.0162. The number of ether oxygens (including phenoxy) is 1. The minimum Gasteiger partial charge on any atom is -0.507 e. The SMILES string of the molecule is COC(=O)C1(c2ccccc2)CCN(c2cnnc(-c3ccccc3O)c2)CC1. The third kappa shape index (κ3) is 3.53. The van der Waals surface area contributed by atoms with E-state index < -0.39 is 5.41 Å². The lowest BCUT2D eigenvalue weighted by Crippen LogP contribution is -2.48. The molecule has 0 spiro atoms. The molecule has 6 heteroatoms. The molecule has 1 fully saturated rings. The van der Waals surface area contributed by atoms with Crippen LogP contribution >= 0.6 is 0 Å². The highest BCUT2D eigenvalue weighted by Gasteiger charge is 2.44. The molecule has 1 saturated heterocycles. The van der Waals surface area contributed by atoms with E-state index in [0.29, 0.717) is 37.2 Å². The van der Waals surface area contributed by atoms with Crippen molar-refractivity contribution < 1.29 is 14.6 Å². The Morgan fingerprint density at radius 2 is 1.76 bits per heavy atom. The van der Waals surface area contributed by atoms with Gasteiger partial charge < -0.3 is 14.7 Å². The maximum Gasteiger partial charge on any atom is 0.316 e. The Bertz CT molecular complexity index is 999. The number of hydrogen-bond acceptors (Lipinski definition) is 6. The average molecular weight is 389 g/mol. The van der Waals surface area contributed by atoms with E-state index in [-0.39, 0.29) is 11.7 Å². The molecule has 2 heterocycles. The summed E-state index contributed by atoms with van der Waals surface area (Å²) in [7, 11) is 1.45. The number of carbonyl (C=O) groups excluding carboxylic acids is 1. The largest absolute Gasteiger partial charge is 0.507 e. The number of carbonyl (C=O) groups is 1. The number of phenols is 1. The van der Waals surface area contributed by atoms with Crippen LogP contribution in [-0.4, -0.2) is 41.5 Å². The Kier molecular flexibility index (Phi) is 5.16. The molecule has 148 valence electrons. The number of anilines is 1. The highest BCUT2D eigenvalue weighted by molar-refractivity contribution is 5.83. The summed E-state index contributed by atoms with van der Waals surface area (Å²) in [5, 5.41) is 18.4. The standard InChI is InChI=1S/C23H23N3O3/c1-29-22(28)23(17-7-3-2-4-8-17)11-13-26(14-12-23)18-15-20(25-24-16-18)19-9-5-6-10-21(19)27/h2-10,15-16,27H,11-14H2,1H3. The van der Waals surface area contributed by atoms with Crippen molar-refractivity contribution in [1.82, 2.24) is 10.2 Å². The van der Waals surface area contributed by atoms with Gasteiger partial charge in [0.2, 0.25) is 0 Å². The molecule has 1 N–H and O–H groups in total. The van der Waals surface area contributed by atoms with E-state index in [1.807, 2.05) is 48.5 Å². The zero-order valence-electron chi connectivity index (χ0n) is 16.3. The topological polar surface area (TPSA) is 75.5 Å². The Hall–Kier alpha value is -3.41. The number of benzene rings is 2. The fourth-order valence-corrected chi connectivity index (χ4v) is 4.06. The van der Waals surface area contributed by atoms with Gasteiger partial charge in [-0.25, -0.2) is 0 Å². The number of para-hydroxylation sites is 1. The fraction of sp³-hybridized carbons (Fsp3) is 0.261. The molecule has 1 aliphatic heterocycles. The van der Waals surface area contributed by atoms with E-state index in [2.05, 4.69) is 15.1 Å². The van der Waals surface area contributed by atoms with Gasteiger partial charge in [-0.1, -0.05) is 42.5 Å². The summed E-state index contributed by atoms with van der Waals surface area (Å²) in [5.41, 5.74) is 2.55. The quantitative estimate of drug-likeness (QED) is 0.688. The first-order valence-corrected chi connectivity index (χ1v) is 9.64. The molecule has 0 aliphatic carbocycles. The van der Waals surface area contributed by atoms with Crippen molar-refractivity contribution in [2.45, 2.75) is 18.3 Å². The van der Waals surface area contributed by atoms with Gasteiger partial charge in [0, 0.05) is 18.7 Å². The van der Waals surface area contributed by atoms with E-state index in [4.69, 9.17) is 4.74 Å². The second-order valence-corrected chi connectivity index (χ2v) is 7.24. The van der Waals surface area contributed by atoms with E-state index >= 15 is 0 Å². The maximum absolute atomic E-state index is 12.7. The van der Waals surface area contributed by atoms with E-state index in [9.17, 15) is 9.90 Å². The minimum absolute atomic E-state index is 0.173. The van der Waals surface area contributed by atoms with Crippen LogP contribution in [0.1, 0.15) is 18.4 Å². The van der Waals surface area contributed by atoms with Crippen molar-refractivity contribution in [2.24, 2.45) is 0 Å². The monoisotopic (exact) mass is 389 g/mol. The molecule has 1 aliphatic rings. The predicted molar refractivity (Wildman–Crippen MR) is 111 cm³/mol. The second kappa shape index (κ2) is 7.91. The van der Waals surface area contributed by atoms with Gasteiger partial charge >= 0.3 is 5.97 Å². The Morgan fingerprint density at radius 3 is 2.45 bits per heavy atom. The molecule has 29 heavy (non-hydrogen) atoms. The Balaban J connectivity index is 1.59. The normalized spacial score (nSPS) is 15.7. The summed E-state index contributed by atoms with van der Waals surface area (Å²) < 4.78 is 5.17. The van der Waals surface area contributed by atoms with Crippen molar-refractivity contribution >= 4 is 11.7 Å². The van der Waals surface area contributed by atoms with Crippen LogP contribution in [0.4, 0.5) is 5.69 Å². The lowest BCUT2D eigenvalue weighted by molar-refractivity contribution is -0.148. The van der Waals surface area contributed by atoms with Gasteiger partial charge in [-0.05, 0) is 36.6 Å². The van der Waals surface area contributed by atoms with Gasteiger partial charge in [-0.3, -0.25) is 4.79 Å². The summed E-state index contributed by atoms with van der Waals surface area (Å²) >= 11 is 0. The second-order valence-electron chi connectivity index (χ2n) is 7.24. The van der Waals surface area contributed by atoms with E-state index in [1.165, 1.54) is 7.11 Å². The molecule has 4 rings (SSSR count). The third-order valence-electron chi connectivity index (χ3n) is 5.70. The summed E-state index contributed by atoms with van der Waals surface area (Å²) in [4.78, 5) is 14.9. The number of phenolic OH excluding ortho intramolecular Hbond substituents is 1. The predicted octanol–water partition coefficient (Wildman–Crippen LogP) is 3.56. The van der Waals surface area contributed by atoms with E-state index in [1.54, 1.807) is 18.3 Å². The zero-order valence-corrected chi connectivity index (χ0v) is 16.3. The molecule has 1 aromatic heterocycles. The summed E-state index contributed by atoms with van der Waals surface area (Å²) in [6.45, 7) is 1.38. The first-order chi connectivity index (χ1) is 14.1. The van der Waals surface area contributed by atoms with Crippen LogP contribution in [0.15, 0.2) is 66.9 Å². The van der Waals surface area contributed by atoms with Gasteiger partial charge in [0.15, 0.2) is 0 Å². The number of piperidine rings is 1. The van der Waals surface area contributed by atoms with Crippen LogP contribution in [-0.2, 0) is 14.9 Å². The molecule has 0 unspecified atom stereocenters. The van der Waals surface area contributed by atoms with Crippen LogP contribution in [0.2, 0.25) is 0 Å². The maximum atomic E-state index is 12.7. The molecular formula is C23H23N3O3. The van der Waals surface area contributed by atoms with Crippen LogP contribution in [0, 0.1) is 0 Å². The number of aromatic nitrogens is 2. The fourth-order valence-electron chi connectivity index (χ4n) is 4.06. The average Bonchev–Trinajstić information content (AvgIpc) is 2.79. The molecule has 0 radical (unpaired) electrons. The van der Waals surface area contributed by atoms with Gasteiger partial charge in [0.1, 0.15) is 5.75 Å². The van der Waals surface area contributed by atoms with Crippen molar-refractivity contribution in [3.8, 4) is 17.0 Å². The molecule has 0 amide bonds. The Labute approximate surface area is 169 Å². The van der Waals surface area contributed by atoms with Gasteiger partial charge in [-0.2, -0.15) is 10.2 Å². The molecule has 6 nitrogen and oxygen atoms in total. The van der Waals surface area contributed by atoms with Crippen molar-refractivity contribution in [3.05, 3.63) is 72.4 Å². The smallest absolute Gasteiger partial charge is 0.316 e. The highest BCUT2D eigenvalue weighted by Crippen LogP contribution is 2.38. The Morgan fingerprint density at radius 1 is 1.07 bits per heavy atom. The third-order valence-corrected chi connectivity index (χ3v) is 5.70. The van der Waals surface area contributed by atoms with Crippen LogP contribution in [0.25, 0.3) is 11.3 Å². The lowest BCUT2D eigenvalue weighted by atomic mass is 9.72. The van der Waals surface area contributed by atoms with Crippen molar-refractivity contribution in [3.63, 3.8) is 0 Å². The molecule has 3 aromatic rings. The number of rotatable bonds is 4.